The number of nitrogens with zero attached hydrogens (tertiary/aromatic N) is 1. The lowest BCUT2D eigenvalue weighted by atomic mass is 9.94. The van der Waals surface area contributed by atoms with Crippen molar-refractivity contribution in [1.29, 1.82) is 0 Å². The highest BCUT2D eigenvalue weighted by molar-refractivity contribution is 6.46. The molecule has 3 aromatic rings. The van der Waals surface area contributed by atoms with Gasteiger partial charge in [-0.15, -0.1) is 0 Å². The number of aromatic hydroxyl groups is 1. The molecule has 180 valence electrons. The van der Waals surface area contributed by atoms with E-state index < -0.39 is 29.3 Å². The smallest absolute Gasteiger partial charge is 0.295 e. The molecular formula is C26H21ClFNO6. The predicted molar refractivity (Wildman–Crippen MR) is 127 cm³/mol. The van der Waals surface area contributed by atoms with Gasteiger partial charge in [0.05, 0.1) is 36.4 Å². The van der Waals surface area contributed by atoms with Crippen LogP contribution in [0.4, 0.5) is 4.39 Å². The summed E-state index contributed by atoms with van der Waals surface area (Å²) in [5.74, 6) is -2.26. The Hall–Kier alpha value is -4.04. The molecule has 35 heavy (non-hydrogen) atoms. The number of aliphatic hydroxyl groups excluding tert-OH is 1. The molecule has 0 aromatic heterocycles. The molecule has 0 saturated carbocycles. The SMILES string of the molecule is COc1cc(/C(O)=C2\C(=O)C(=O)N(Cc3ccc(F)cc3)C2c2ccc(O)cc2)c(OC)cc1Cl. The number of benzene rings is 3. The summed E-state index contributed by atoms with van der Waals surface area (Å²) in [6, 6.07) is 13.3. The highest BCUT2D eigenvalue weighted by atomic mass is 35.5. The van der Waals surface area contributed by atoms with E-state index in [1.54, 1.807) is 12.1 Å². The molecule has 7 nitrogen and oxygen atoms in total. The number of carbonyl (C=O) groups is 2. The van der Waals surface area contributed by atoms with Gasteiger partial charge in [-0.2, -0.15) is 0 Å². The van der Waals surface area contributed by atoms with E-state index in [1.165, 1.54) is 67.7 Å². The molecule has 1 amide bonds. The minimum atomic E-state index is -0.993. The van der Waals surface area contributed by atoms with Crippen LogP contribution in [0.25, 0.3) is 5.76 Å². The number of ketones is 1. The number of amides is 1. The van der Waals surface area contributed by atoms with E-state index in [0.29, 0.717) is 11.1 Å². The summed E-state index contributed by atoms with van der Waals surface area (Å²) in [6.07, 6.45) is 0. The van der Waals surface area contributed by atoms with Gasteiger partial charge in [-0.1, -0.05) is 35.9 Å². The van der Waals surface area contributed by atoms with Crippen LogP contribution in [0.3, 0.4) is 0 Å². The minimum Gasteiger partial charge on any atom is -0.508 e. The van der Waals surface area contributed by atoms with Crippen LogP contribution < -0.4 is 9.47 Å². The first-order valence-electron chi connectivity index (χ1n) is 10.5. The monoisotopic (exact) mass is 497 g/mol. The molecule has 9 heteroatoms. The number of phenols is 1. The molecule has 1 heterocycles. The maximum Gasteiger partial charge on any atom is 0.295 e. The summed E-state index contributed by atoms with van der Waals surface area (Å²) in [7, 11) is 2.77. The van der Waals surface area contributed by atoms with Crippen molar-refractivity contribution in [2.45, 2.75) is 12.6 Å². The topological polar surface area (TPSA) is 96.3 Å². The van der Waals surface area contributed by atoms with Crippen molar-refractivity contribution in [2.75, 3.05) is 14.2 Å². The molecule has 0 spiro atoms. The Morgan fingerprint density at radius 2 is 1.63 bits per heavy atom. The number of rotatable bonds is 6. The zero-order valence-corrected chi connectivity index (χ0v) is 19.5. The van der Waals surface area contributed by atoms with Crippen molar-refractivity contribution in [3.63, 3.8) is 0 Å². The van der Waals surface area contributed by atoms with E-state index in [1.807, 2.05) is 0 Å². The van der Waals surface area contributed by atoms with E-state index in [-0.39, 0.29) is 40.0 Å². The van der Waals surface area contributed by atoms with E-state index in [9.17, 15) is 24.2 Å². The number of Topliss-reactive ketones (excluding diaryl/α,β-unsaturated/α-hetero) is 1. The van der Waals surface area contributed by atoms with Crippen molar-refractivity contribution in [3.05, 3.63) is 93.8 Å². The lowest BCUT2D eigenvalue weighted by Crippen LogP contribution is -2.29. The van der Waals surface area contributed by atoms with Crippen LogP contribution in [0.15, 0.2) is 66.2 Å². The first-order valence-corrected chi connectivity index (χ1v) is 10.9. The van der Waals surface area contributed by atoms with Crippen molar-refractivity contribution in [3.8, 4) is 17.2 Å². The number of ether oxygens (including phenoxy) is 2. The number of hydrogen-bond donors (Lipinski definition) is 2. The lowest BCUT2D eigenvalue weighted by molar-refractivity contribution is -0.140. The minimum absolute atomic E-state index is 0.00616. The van der Waals surface area contributed by atoms with E-state index in [4.69, 9.17) is 21.1 Å². The molecule has 3 aromatic carbocycles. The van der Waals surface area contributed by atoms with Gasteiger partial charge in [0.25, 0.3) is 11.7 Å². The summed E-state index contributed by atoms with van der Waals surface area (Å²) >= 11 is 6.18. The van der Waals surface area contributed by atoms with Gasteiger partial charge in [-0.3, -0.25) is 9.59 Å². The fourth-order valence-corrected chi connectivity index (χ4v) is 4.25. The third kappa shape index (κ3) is 4.52. The van der Waals surface area contributed by atoms with Crippen molar-refractivity contribution in [2.24, 2.45) is 0 Å². The number of likely N-dealkylation sites (tertiary alicyclic amines) is 1. The van der Waals surface area contributed by atoms with Gasteiger partial charge >= 0.3 is 0 Å². The number of hydrogen-bond acceptors (Lipinski definition) is 6. The Morgan fingerprint density at radius 3 is 2.23 bits per heavy atom. The van der Waals surface area contributed by atoms with Crippen LogP contribution >= 0.6 is 11.6 Å². The van der Waals surface area contributed by atoms with Crippen LogP contribution in [0.1, 0.15) is 22.7 Å². The molecule has 1 aliphatic rings. The van der Waals surface area contributed by atoms with Gasteiger partial charge in [0.1, 0.15) is 28.8 Å². The number of methoxy groups -OCH3 is 2. The molecule has 0 radical (unpaired) electrons. The first kappa shape index (κ1) is 24.1. The molecule has 1 atom stereocenters. The van der Waals surface area contributed by atoms with Crippen molar-refractivity contribution >= 4 is 29.1 Å². The van der Waals surface area contributed by atoms with E-state index >= 15 is 0 Å². The molecule has 2 N–H and O–H groups in total. The summed E-state index contributed by atoms with van der Waals surface area (Å²) in [5.41, 5.74) is 0.996. The van der Waals surface area contributed by atoms with Crippen molar-refractivity contribution in [1.82, 2.24) is 4.90 Å². The normalized spacial score (nSPS) is 17.0. The van der Waals surface area contributed by atoms with Gasteiger partial charge in [-0.25, -0.2) is 4.39 Å². The van der Waals surface area contributed by atoms with Crippen LogP contribution in [-0.2, 0) is 16.1 Å². The van der Waals surface area contributed by atoms with E-state index in [0.717, 1.165) is 0 Å². The predicted octanol–water partition coefficient (Wildman–Crippen LogP) is 4.82. The molecular weight excluding hydrogens is 477 g/mol. The number of halogens is 2. The maximum absolute atomic E-state index is 13.4. The average molecular weight is 498 g/mol. The van der Waals surface area contributed by atoms with Gasteiger partial charge in [0, 0.05) is 12.6 Å². The standard InChI is InChI=1S/C26H21ClFNO6/c1-34-20-12-19(27)21(35-2)11-18(20)24(31)22-23(15-5-9-17(30)10-6-15)29(26(33)25(22)32)13-14-3-7-16(28)8-4-14/h3-12,23,30-31H,13H2,1-2H3/b24-22+. The number of aliphatic hydroxyl groups is 1. The largest absolute Gasteiger partial charge is 0.508 e. The molecule has 0 bridgehead atoms. The second-order valence-electron chi connectivity index (χ2n) is 7.83. The molecule has 4 rings (SSSR count). The molecule has 1 fully saturated rings. The Balaban J connectivity index is 1.91. The molecule has 1 unspecified atom stereocenters. The summed E-state index contributed by atoms with van der Waals surface area (Å²) < 4.78 is 24.0. The zero-order valence-electron chi connectivity index (χ0n) is 18.8. The third-order valence-electron chi connectivity index (χ3n) is 5.74. The Labute approximate surface area is 205 Å². The van der Waals surface area contributed by atoms with Gasteiger partial charge < -0.3 is 24.6 Å². The number of carbonyl (C=O) groups excluding carboxylic acids is 2. The molecule has 1 saturated heterocycles. The van der Waals surface area contributed by atoms with Gasteiger partial charge in [0.2, 0.25) is 0 Å². The maximum atomic E-state index is 13.4. The highest BCUT2D eigenvalue weighted by Crippen LogP contribution is 2.43. The lowest BCUT2D eigenvalue weighted by Gasteiger charge is -2.25. The number of phenolic OH excluding ortho intramolecular Hbond substituents is 1. The van der Waals surface area contributed by atoms with E-state index in [2.05, 4.69) is 0 Å². The average Bonchev–Trinajstić information content (AvgIpc) is 3.10. The summed E-state index contributed by atoms with van der Waals surface area (Å²) in [5, 5.41) is 21.3. The molecule has 0 aliphatic carbocycles. The third-order valence-corrected chi connectivity index (χ3v) is 6.04. The fraction of sp³-hybridized carbons (Fsp3) is 0.154. The molecule has 1 aliphatic heterocycles. The van der Waals surface area contributed by atoms with Crippen LogP contribution in [0, 0.1) is 5.82 Å². The van der Waals surface area contributed by atoms with Crippen LogP contribution in [0.2, 0.25) is 5.02 Å². The second kappa shape index (κ2) is 9.68. The summed E-state index contributed by atoms with van der Waals surface area (Å²) in [6.45, 7) is -0.0196. The van der Waals surface area contributed by atoms with Gasteiger partial charge in [-0.05, 0) is 41.5 Å². The van der Waals surface area contributed by atoms with Gasteiger partial charge in [0.15, 0.2) is 0 Å². The quantitative estimate of drug-likeness (QED) is 0.288. The first-order chi connectivity index (χ1) is 16.7. The van der Waals surface area contributed by atoms with Crippen LogP contribution in [0.5, 0.6) is 17.2 Å². The fourth-order valence-electron chi connectivity index (χ4n) is 4.02. The van der Waals surface area contributed by atoms with Crippen LogP contribution in [-0.4, -0.2) is 41.0 Å². The Bertz CT molecular complexity index is 1320. The Kier molecular flexibility index (Phi) is 6.66. The highest BCUT2D eigenvalue weighted by Gasteiger charge is 2.46. The van der Waals surface area contributed by atoms with Crippen molar-refractivity contribution < 1.29 is 33.7 Å². The Morgan fingerprint density at radius 1 is 1.00 bits per heavy atom. The summed E-state index contributed by atoms with van der Waals surface area (Å²) in [4.78, 5) is 27.7. The second-order valence-corrected chi connectivity index (χ2v) is 8.24. The zero-order chi connectivity index (χ0) is 25.3.